The van der Waals surface area contributed by atoms with Crippen LogP contribution in [-0.2, 0) is 20.0 Å². The van der Waals surface area contributed by atoms with Crippen LogP contribution in [0.1, 0.15) is 48.8 Å². The summed E-state index contributed by atoms with van der Waals surface area (Å²) in [4.78, 5) is 0. The summed E-state index contributed by atoms with van der Waals surface area (Å²) in [5.74, 6) is 0. The molecule has 0 radical (unpaired) electrons. The summed E-state index contributed by atoms with van der Waals surface area (Å²) < 4.78 is 3.98. The Morgan fingerprint density at radius 1 is 1.29 bits per heavy atom. The van der Waals surface area contributed by atoms with E-state index in [0.29, 0.717) is 6.04 Å². The van der Waals surface area contributed by atoms with Crippen LogP contribution in [0.5, 0.6) is 0 Å². The number of aryl methyl sites for hydroxylation is 4. The third-order valence-corrected chi connectivity index (χ3v) is 4.02. The number of hydrogen-bond donors (Lipinski definition) is 1. The predicted octanol–water partition coefficient (Wildman–Crippen LogP) is 2.54. The topological polar surface area (TPSA) is 47.7 Å². The minimum Gasteiger partial charge on any atom is -0.310 e. The minimum atomic E-state index is 0.405. The maximum atomic E-state index is 4.73. The smallest absolute Gasteiger partial charge is 0.0644 e. The molecule has 0 fully saturated rings. The summed E-state index contributed by atoms with van der Waals surface area (Å²) in [6.07, 6.45) is 6.05. The second-order valence-electron chi connectivity index (χ2n) is 5.60. The largest absolute Gasteiger partial charge is 0.310 e. The van der Waals surface area contributed by atoms with Gasteiger partial charge in [0.15, 0.2) is 0 Å². The van der Waals surface area contributed by atoms with Gasteiger partial charge in [-0.25, -0.2) is 0 Å². The van der Waals surface area contributed by atoms with Crippen LogP contribution >= 0.6 is 0 Å². The third-order valence-electron chi connectivity index (χ3n) is 4.02. The van der Waals surface area contributed by atoms with Crippen molar-refractivity contribution in [2.75, 3.05) is 6.54 Å². The number of nitrogens with zero attached hydrogens (tertiary/aromatic N) is 4. The molecule has 0 aliphatic heterocycles. The number of hydrogen-bond acceptors (Lipinski definition) is 3. The van der Waals surface area contributed by atoms with Gasteiger partial charge in [0.05, 0.1) is 11.9 Å². The molecule has 2 heterocycles. The number of nitrogens with one attached hydrogen (secondary N) is 1. The van der Waals surface area contributed by atoms with Crippen LogP contribution in [0.4, 0.5) is 0 Å². The van der Waals surface area contributed by atoms with Crippen molar-refractivity contribution in [2.45, 2.75) is 53.1 Å². The average molecular weight is 289 g/mol. The fraction of sp³-hybridized carbons (Fsp3) is 0.625. The predicted molar refractivity (Wildman–Crippen MR) is 85.3 cm³/mol. The minimum absolute atomic E-state index is 0.405. The van der Waals surface area contributed by atoms with Crippen molar-refractivity contribution in [2.24, 2.45) is 7.05 Å². The lowest BCUT2D eigenvalue weighted by Crippen LogP contribution is -2.21. The van der Waals surface area contributed by atoms with Crippen molar-refractivity contribution < 1.29 is 0 Å². The first-order valence-electron chi connectivity index (χ1n) is 7.81. The summed E-state index contributed by atoms with van der Waals surface area (Å²) in [5.41, 5.74) is 5.05. The molecule has 1 atom stereocenters. The zero-order valence-electron chi connectivity index (χ0n) is 13.8. The van der Waals surface area contributed by atoms with E-state index in [1.165, 1.54) is 16.8 Å². The molecule has 2 rings (SSSR count). The van der Waals surface area contributed by atoms with E-state index in [1.54, 1.807) is 0 Å². The van der Waals surface area contributed by atoms with Crippen molar-refractivity contribution in [3.63, 3.8) is 0 Å². The van der Waals surface area contributed by atoms with E-state index < -0.39 is 0 Å². The first-order chi connectivity index (χ1) is 10.1. The highest BCUT2D eigenvalue weighted by atomic mass is 15.3. The average Bonchev–Trinajstić information content (AvgIpc) is 2.99. The molecule has 0 saturated heterocycles. The van der Waals surface area contributed by atoms with Crippen LogP contribution in [0.2, 0.25) is 0 Å². The molecule has 2 aromatic heterocycles. The molecule has 5 heteroatoms. The molecule has 0 aliphatic rings. The Kier molecular flexibility index (Phi) is 5.17. The van der Waals surface area contributed by atoms with Gasteiger partial charge in [0.1, 0.15) is 0 Å². The summed E-state index contributed by atoms with van der Waals surface area (Å²) in [6, 6.07) is 0.405. The Bertz CT molecular complexity index is 582. The second-order valence-corrected chi connectivity index (χ2v) is 5.60. The van der Waals surface area contributed by atoms with E-state index in [4.69, 9.17) is 5.10 Å². The maximum absolute atomic E-state index is 4.73. The van der Waals surface area contributed by atoms with E-state index in [9.17, 15) is 0 Å². The molecular weight excluding hydrogens is 262 g/mol. The highest BCUT2D eigenvalue weighted by molar-refractivity contribution is 5.28. The van der Waals surface area contributed by atoms with Gasteiger partial charge in [-0.1, -0.05) is 13.8 Å². The molecule has 0 aliphatic carbocycles. The normalized spacial score (nSPS) is 12.8. The van der Waals surface area contributed by atoms with E-state index in [0.717, 1.165) is 31.6 Å². The van der Waals surface area contributed by atoms with Gasteiger partial charge < -0.3 is 5.32 Å². The molecule has 1 unspecified atom stereocenters. The molecule has 1 N–H and O–H groups in total. The Morgan fingerprint density at radius 3 is 2.62 bits per heavy atom. The molecule has 0 bridgehead atoms. The highest BCUT2D eigenvalue weighted by Gasteiger charge is 2.18. The molecule has 116 valence electrons. The summed E-state index contributed by atoms with van der Waals surface area (Å²) in [5, 5.41) is 12.5. The van der Waals surface area contributed by atoms with Gasteiger partial charge in [-0.2, -0.15) is 10.2 Å². The van der Waals surface area contributed by atoms with Gasteiger partial charge in [-0.05, 0) is 38.8 Å². The van der Waals surface area contributed by atoms with Gasteiger partial charge >= 0.3 is 0 Å². The summed E-state index contributed by atoms with van der Waals surface area (Å²) >= 11 is 0. The van der Waals surface area contributed by atoms with Gasteiger partial charge in [0.2, 0.25) is 0 Å². The fourth-order valence-electron chi connectivity index (χ4n) is 2.97. The van der Waals surface area contributed by atoms with Gasteiger partial charge in [0.25, 0.3) is 0 Å². The lowest BCUT2D eigenvalue weighted by molar-refractivity contribution is 0.529. The van der Waals surface area contributed by atoms with Crippen molar-refractivity contribution in [3.8, 4) is 0 Å². The van der Waals surface area contributed by atoms with E-state index >= 15 is 0 Å². The standard InChI is InChI=1S/C16H27N5/c1-6-15(17-7-2)16-12(3)19-21(13(16)4)9-8-14-10-18-20(5)11-14/h10-11,15,17H,6-9H2,1-5H3. The molecule has 5 nitrogen and oxygen atoms in total. The molecule has 0 spiro atoms. The lowest BCUT2D eigenvalue weighted by Gasteiger charge is -2.16. The van der Waals surface area contributed by atoms with E-state index in [-0.39, 0.29) is 0 Å². The summed E-state index contributed by atoms with van der Waals surface area (Å²) in [6.45, 7) is 10.6. The first-order valence-corrected chi connectivity index (χ1v) is 7.81. The van der Waals surface area contributed by atoms with Crippen molar-refractivity contribution in [3.05, 3.63) is 34.9 Å². The van der Waals surface area contributed by atoms with Gasteiger partial charge in [-0.15, -0.1) is 0 Å². The third kappa shape index (κ3) is 3.53. The fourth-order valence-corrected chi connectivity index (χ4v) is 2.97. The number of aromatic nitrogens is 4. The lowest BCUT2D eigenvalue weighted by atomic mass is 10.0. The van der Waals surface area contributed by atoms with Crippen LogP contribution in [0.3, 0.4) is 0 Å². The maximum Gasteiger partial charge on any atom is 0.0644 e. The van der Waals surface area contributed by atoms with E-state index in [1.807, 2.05) is 17.9 Å². The van der Waals surface area contributed by atoms with Gasteiger partial charge in [0, 0.05) is 37.1 Å². The van der Waals surface area contributed by atoms with Gasteiger partial charge in [-0.3, -0.25) is 9.36 Å². The Labute approximate surface area is 127 Å². The second kappa shape index (κ2) is 6.89. The Morgan fingerprint density at radius 2 is 2.05 bits per heavy atom. The molecule has 2 aromatic rings. The SMILES string of the molecule is CCNC(CC)c1c(C)nn(CCc2cnn(C)c2)c1C. The number of rotatable bonds is 7. The van der Waals surface area contributed by atoms with Crippen LogP contribution in [0, 0.1) is 13.8 Å². The summed E-state index contributed by atoms with van der Waals surface area (Å²) in [7, 11) is 1.95. The molecular formula is C16H27N5. The monoisotopic (exact) mass is 289 g/mol. The van der Waals surface area contributed by atoms with Crippen LogP contribution in [0.25, 0.3) is 0 Å². The first kappa shape index (κ1) is 15.8. The van der Waals surface area contributed by atoms with Crippen molar-refractivity contribution in [1.29, 1.82) is 0 Å². The molecule has 0 saturated carbocycles. The van der Waals surface area contributed by atoms with Crippen molar-refractivity contribution in [1.82, 2.24) is 24.9 Å². The Hall–Kier alpha value is -1.62. The molecule has 0 amide bonds. The quantitative estimate of drug-likeness (QED) is 0.852. The highest BCUT2D eigenvalue weighted by Crippen LogP contribution is 2.24. The Balaban J connectivity index is 2.14. The van der Waals surface area contributed by atoms with Crippen LogP contribution in [0.15, 0.2) is 12.4 Å². The van der Waals surface area contributed by atoms with Crippen LogP contribution < -0.4 is 5.32 Å². The zero-order valence-corrected chi connectivity index (χ0v) is 13.8. The van der Waals surface area contributed by atoms with Crippen molar-refractivity contribution >= 4 is 0 Å². The zero-order chi connectivity index (χ0) is 15.4. The van der Waals surface area contributed by atoms with E-state index in [2.05, 4.69) is 49.0 Å². The van der Waals surface area contributed by atoms with Crippen LogP contribution in [-0.4, -0.2) is 26.1 Å². The molecule has 21 heavy (non-hydrogen) atoms. The molecule has 0 aromatic carbocycles.